The van der Waals surface area contributed by atoms with Crippen LogP contribution in [0.3, 0.4) is 0 Å². The summed E-state index contributed by atoms with van der Waals surface area (Å²) in [5, 5.41) is 8.00. The van der Waals surface area contributed by atoms with Crippen molar-refractivity contribution in [3.63, 3.8) is 0 Å². The molecule has 2 N–H and O–H groups in total. The van der Waals surface area contributed by atoms with Crippen LogP contribution in [0, 0.1) is 5.92 Å². The molecule has 0 radical (unpaired) electrons. The Bertz CT molecular complexity index is 683. The van der Waals surface area contributed by atoms with Crippen LogP contribution in [-0.2, 0) is 0 Å². The number of hydrogen-bond acceptors (Lipinski definition) is 4. The van der Waals surface area contributed by atoms with Gasteiger partial charge in [-0.25, -0.2) is 4.79 Å². The van der Waals surface area contributed by atoms with Gasteiger partial charge in [-0.3, -0.25) is 0 Å². The van der Waals surface area contributed by atoms with Crippen LogP contribution in [0.1, 0.15) is 23.8 Å². The van der Waals surface area contributed by atoms with Gasteiger partial charge in [-0.05, 0) is 42.3 Å². The van der Waals surface area contributed by atoms with Crippen molar-refractivity contribution >= 4 is 23.1 Å². The number of thiophene rings is 1. The van der Waals surface area contributed by atoms with Gasteiger partial charge in [0, 0.05) is 16.6 Å². The fourth-order valence-corrected chi connectivity index (χ4v) is 3.47. The first-order valence-electron chi connectivity index (χ1n) is 7.30. The third-order valence-corrected chi connectivity index (χ3v) is 4.82. The van der Waals surface area contributed by atoms with Crippen molar-refractivity contribution in [3.8, 4) is 11.5 Å². The summed E-state index contributed by atoms with van der Waals surface area (Å²) in [6.45, 7) is 0.229. The number of ether oxygens (including phenoxy) is 2. The van der Waals surface area contributed by atoms with Crippen LogP contribution in [-0.4, -0.2) is 12.8 Å². The third kappa shape index (κ3) is 2.74. The van der Waals surface area contributed by atoms with Crippen molar-refractivity contribution in [1.82, 2.24) is 5.32 Å². The van der Waals surface area contributed by atoms with E-state index in [0.717, 1.165) is 0 Å². The summed E-state index contributed by atoms with van der Waals surface area (Å²) in [5.74, 6) is 1.93. The van der Waals surface area contributed by atoms with Crippen molar-refractivity contribution in [2.24, 2.45) is 5.92 Å². The molecule has 2 amide bonds. The quantitative estimate of drug-likeness (QED) is 0.903. The number of carbonyl (C=O) groups is 1. The smallest absolute Gasteiger partial charge is 0.319 e. The lowest BCUT2D eigenvalue weighted by Crippen LogP contribution is -2.33. The number of rotatable bonds is 4. The Morgan fingerprint density at radius 3 is 2.86 bits per heavy atom. The van der Waals surface area contributed by atoms with Gasteiger partial charge in [-0.15, -0.1) is 11.3 Å². The van der Waals surface area contributed by atoms with Crippen LogP contribution in [0.2, 0.25) is 0 Å². The molecule has 5 nitrogen and oxygen atoms in total. The van der Waals surface area contributed by atoms with Gasteiger partial charge in [-0.1, -0.05) is 6.07 Å². The molecular weight excluding hydrogens is 300 g/mol. The molecule has 0 unspecified atom stereocenters. The zero-order chi connectivity index (χ0) is 14.9. The minimum atomic E-state index is -0.191. The van der Waals surface area contributed by atoms with E-state index in [1.807, 2.05) is 17.5 Å². The fourth-order valence-electron chi connectivity index (χ4n) is 2.60. The van der Waals surface area contributed by atoms with Crippen molar-refractivity contribution in [1.29, 1.82) is 0 Å². The third-order valence-electron chi connectivity index (χ3n) is 3.86. The number of urea groups is 1. The van der Waals surface area contributed by atoms with E-state index in [2.05, 4.69) is 16.7 Å². The Labute approximate surface area is 132 Å². The first kappa shape index (κ1) is 13.5. The lowest BCUT2D eigenvalue weighted by Gasteiger charge is -2.17. The molecule has 4 rings (SSSR count). The number of nitrogens with one attached hydrogen (secondary N) is 2. The molecule has 2 aliphatic rings. The summed E-state index contributed by atoms with van der Waals surface area (Å²) in [5.41, 5.74) is 0.697. The molecule has 0 bridgehead atoms. The van der Waals surface area contributed by atoms with Gasteiger partial charge in [0.2, 0.25) is 6.79 Å². The van der Waals surface area contributed by atoms with Crippen LogP contribution in [0.15, 0.2) is 35.7 Å². The molecule has 1 aliphatic heterocycles. The van der Waals surface area contributed by atoms with Crippen molar-refractivity contribution in [2.45, 2.75) is 18.9 Å². The SMILES string of the molecule is O=C(Nc1ccc2c(c1)OCO2)N[C@@H](c1cccs1)C1CC1. The van der Waals surface area contributed by atoms with Crippen LogP contribution >= 0.6 is 11.3 Å². The van der Waals surface area contributed by atoms with Crippen molar-refractivity contribution < 1.29 is 14.3 Å². The number of amides is 2. The van der Waals surface area contributed by atoms with E-state index in [9.17, 15) is 4.79 Å². The zero-order valence-electron chi connectivity index (χ0n) is 11.9. The average molecular weight is 316 g/mol. The second-order valence-corrected chi connectivity index (χ2v) is 6.48. The molecule has 114 valence electrons. The topological polar surface area (TPSA) is 59.6 Å². The van der Waals surface area contributed by atoms with Crippen molar-refractivity contribution in [3.05, 3.63) is 40.6 Å². The van der Waals surface area contributed by atoms with Crippen LogP contribution in [0.5, 0.6) is 11.5 Å². The second-order valence-electron chi connectivity index (χ2n) is 5.50. The van der Waals surface area contributed by atoms with Gasteiger partial charge in [0.15, 0.2) is 11.5 Å². The standard InChI is InChI=1S/C16H16N2O3S/c19-16(17-11-5-6-12-13(8-11)21-9-20-12)18-15(10-3-4-10)14-2-1-7-22-14/h1-2,5-8,10,15H,3-4,9H2,(H2,17,18,19)/t15-/m1/s1. The maximum absolute atomic E-state index is 12.3. The van der Waals surface area contributed by atoms with Crippen LogP contribution < -0.4 is 20.1 Å². The average Bonchev–Trinajstić information content (AvgIpc) is 3.01. The largest absolute Gasteiger partial charge is 0.454 e. The predicted octanol–water partition coefficient (Wildman–Crippen LogP) is 3.75. The normalized spacial score (nSPS) is 17.1. The Kier molecular flexibility index (Phi) is 3.38. The first-order chi connectivity index (χ1) is 10.8. The highest BCUT2D eigenvalue weighted by atomic mass is 32.1. The van der Waals surface area contributed by atoms with Gasteiger partial charge in [-0.2, -0.15) is 0 Å². The molecule has 1 fully saturated rings. The molecule has 22 heavy (non-hydrogen) atoms. The Hall–Kier alpha value is -2.21. The second kappa shape index (κ2) is 5.53. The highest BCUT2D eigenvalue weighted by molar-refractivity contribution is 7.10. The molecule has 0 saturated heterocycles. The Balaban J connectivity index is 1.43. The van der Waals surface area contributed by atoms with E-state index < -0.39 is 0 Å². The predicted molar refractivity (Wildman–Crippen MR) is 84.5 cm³/mol. The van der Waals surface area contributed by atoms with Gasteiger partial charge in [0.25, 0.3) is 0 Å². The maximum Gasteiger partial charge on any atom is 0.319 e. The van der Waals surface area contributed by atoms with E-state index >= 15 is 0 Å². The molecular formula is C16H16N2O3S. The summed E-state index contributed by atoms with van der Waals surface area (Å²) < 4.78 is 10.6. The van der Waals surface area contributed by atoms with Crippen molar-refractivity contribution in [2.75, 3.05) is 12.1 Å². The van der Waals surface area contributed by atoms with Crippen LogP contribution in [0.25, 0.3) is 0 Å². The molecule has 1 aromatic heterocycles. The monoisotopic (exact) mass is 316 g/mol. The molecule has 6 heteroatoms. The first-order valence-corrected chi connectivity index (χ1v) is 8.18. The number of benzene rings is 1. The minimum absolute atomic E-state index is 0.106. The lowest BCUT2D eigenvalue weighted by molar-refractivity contribution is 0.174. The van der Waals surface area contributed by atoms with Crippen LogP contribution in [0.4, 0.5) is 10.5 Å². The summed E-state index contributed by atoms with van der Waals surface area (Å²) in [6, 6.07) is 9.40. The number of anilines is 1. The highest BCUT2D eigenvalue weighted by Gasteiger charge is 2.34. The summed E-state index contributed by atoms with van der Waals surface area (Å²) in [6.07, 6.45) is 2.35. The summed E-state index contributed by atoms with van der Waals surface area (Å²) in [7, 11) is 0. The highest BCUT2D eigenvalue weighted by Crippen LogP contribution is 2.42. The van der Waals surface area contributed by atoms with Gasteiger partial charge in [0.05, 0.1) is 6.04 Å². The fraction of sp³-hybridized carbons (Fsp3) is 0.312. The number of carbonyl (C=O) groups excluding carboxylic acids is 1. The van der Waals surface area contributed by atoms with Gasteiger partial charge < -0.3 is 20.1 Å². The minimum Gasteiger partial charge on any atom is -0.454 e. The van der Waals surface area contributed by atoms with E-state index in [4.69, 9.17) is 9.47 Å². The number of hydrogen-bond donors (Lipinski definition) is 2. The number of fused-ring (bicyclic) bond motifs is 1. The maximum atomic E-state index is 12.3. The van der Waals surface area contributed by atoms with Gasteiger partial charge in [0.1, 0.15) is 0 Å². The van der Waals surface area contributed by atoms with E-state index in [-0.39, 0.29) is 18.9 Å². The molecule has 1 saturated carbocycles. The molecule has 2 aromatic rings. The molecule has 2 heterocycles. The van der Waals surface area contributed by atoms with E-state index in [1.54, 1.807) is 23.5 Å². The summed E-state index contributed by atoms with van der Waals surface area (Å²) >= 11 is 1.68. The molecule has 1 aliphatic carbocycles. The lowest BCUT2D eigenvalue weighted by atomic mass is 10.1. The molecule has 1 atom stereocenters. The Morgan fingerprint density at radius 2 is 2.09 bits per heavy atom. The molecule has 0 spiro atoms. The molecule has 1 aromatic carbocycles. The van der Waals surface area contributed by atoms with E-state index in [1.165, 1.54) is 17.7 Å². The van der Waals surface area contributed by atoms with E-state index in [0.29, 0.717) is 23.1 Å². The Morgan fingerprint density at radius 1 is 1.23 bits per heavy atom. The van der Waals surface area contributed by atoms with Gasteiger partial charge >= 0.3 is 6.03 Å². The zero-order valence-corrected chi connectivity index (χ0v) is 12.7. The summed E-state index contributed by atoms with van der Waals surface area (Å²) in [4.78, 5) is 13.5.